The lowest BCUT2D eigenvalue weighted by molar-refractivity contribution is 0.534. The first-order valence-corrected chi connectivity index (χ1v) is 7.33. The number of nitrogens with one attached hydrogen (secondary N) is 1. The maximum atomic E-state index is 4.83. The van der Waals surface area contributed by atoms with Crippen LogP contribution in [0.1, 0.15) is 17.0 Å². The Bertz CT molecular complexity index is 561. The molecule has 2 heterocycles. The predicted molar refractivity (Wildman–Crippen MR) is 94.5 cm³/mol. The minimum atomic E-state index is 0.968. The summed E-state index contributed by atoms with van der Waals surface area (Å²) in [7, 11) is 4.09. The lowest BCUT2D eigenvalue weighted by atomic mass is 10.2. The average molecular weight is 298 g/mol. The molecule has 0 saturated heterocycles. The number of furan rings is 1. The van der Waals surface area contributed by atoms with E-state index >= 15 is 0 Å². The van der Waals surface area contributed by atoms with Crippen molar-refractivity contribution in [3.8, 4) is 0 Å². The lowest BCUT2D eigenvalue weighted by Gasteiger charge is -2.11. The molecule has 0 fully saturated rings. The Morgan fingerprint density at radius 3 is 1.82 bits per heavy atom. The highest BCUT2D eigenvalue weighted by Crippen LogP contribution is 2.10. The van der Waals surface area contributed by atoms with Crippen LogP contribution in [0.15, 0.2) is 65.4 Å². The van der Waals surface area contributed by atoms with Crippen molar-refractivity contribution in [2.24, 2.45) is 0 Å². The molecule has 0 radical (unpaired) electrons. The van der Waals surface area contributed by atoms with Gasteiger partial charge in [0.2, 0.25) is 0 Å². The van der Waals surface area contributed by atoms with Crippen LogP contribution >= 0.6 is 0 Å². The monoisotopic (exact) mass is 298 g/mol. The first kappa shape index (κ1) is 17.6. The molecule has 0 bridgehead atoms. The molecule has 3 rings (SSSR count). The van der Waals surface area contributed by atoms with Crippen molar-refractivity contribution in [3.05, 3.63) is 78.0 Å². The smallest absolute Gasteiger partial charge is 0.100 e. The van der Waals surface area contributed by atoms with Crippen molar-refractivity contribution in [1.82, 2.24) is 4.98 Å². The molecule has 0 aliphatic heterocycles. The Morgan fingerprint density at radius 1 is 0.864 bits per heavy atom. The maximum Gasteiger partial charge on any atom is 0.100 e. The van der Waals surface area contributed by atoms with E-state index < -0.39 is 0 Å². The van der Waals surface area contributed by atoms with E-state index in [1.54, 1.807) is 6.26 Å². The summed E-state index contributed by atoms with van der Waals surface area (Å²) in [6, 6.07) is 16.3. The summed E-state index contributed by atoms with van der Waals surface area (Å²) in [5, 5.41) is 0. The molecule has 0 spiro atoms. The van der Waals surface area contributed by atoms with E-state index in [4.69, 9.17) is 4.42 Å². The number of nitrogens with zero attached hydrogens (tertiary/aromatic N) is 1. The third-order valence-electron chi connectivity index (χ3n) is 2.97. The van der Waals surface area contributed by atoms with Crippen molar-refractivity contribution in [2.75, 3.05) is 19.0 Å². The van der Waals surface area contributed by atoms with Crippen LogP contribution in [0.2, 0.25) is 0 Å². The zero-order valence-electron chi connectivity index (χ0n) is 14.1. The van der Waals surface area contributed by atoms with E-state index in [0.717, 1.165) is 5.76 Å². The minimum absolute atomic E-state index is 0.968. The average Bonchev–Trinajstić information content (AvgIpc) is 3.14. The molecule has 1 aromatic carbocycles. The number of aromatic amines is 1. The van der Waals surface area contributed by atoms with Gasteiger partial charge in [0.05, 0.1) is 6.26 Å². The fraction of sp³-hybridized carbons (Fsp3) is 0.263. The highest BCUT2D eigenvalue weighted by Gasteiger charge is 1.90. The van der Waals surface area contributed by atoms with Gasteiger partial charge in [-0.25, -0.2) is 0 Å². The Morgan fingerprint density at radius 2 is 1.55 bits per heavy atom. The standard InChI is InChI=1S/C9H13N.C5H7N.C5H6O/c1-8-4-6-9(7-5-8)10(2)3;2*1-5-3-2-4-6-5/h4-7H,1-3H3;2-4,6H,1H3;2-4H,1H3. The van der Waals surface area contributed by atoms with Crippen LogP contribution in [0.3, 0.4) is 0 Å². The topological polar surface area (TPSA) is 32.2 Å². The zero-order valence-corrected chi connectivity index (χ0v) is 14.1. The first-order valence-electron chi connectivity index (χ1n) is 7.33. The number of aryl methyl sites for hydroxylation is 3. The maximum absolute atomic E-state index is 4.83. The summed E-state index contributed by atoms with van der Waals surface area (Å²) in [6.45, 7) is 6.04. The molecule has 3 aromatic rings. The molecule has 22 heavy (non-hydrogen) atoms. The summed E-state index contributed by atoms with van der Waals surface area (Å²) in [5.74, 6) is 0.968. The molecule has 118 valence electrons. The molecule has 3 heteroatoms. The lowest BCUT2D eigenvalue weighted by Crippen LogP contribution is -2.07. The van der Waals surface area contributed by atoms with Gasteiger partial charge >= 0.3 is 0 Å². The molecular formula is C19H26N2O. The molecule has 0 saturated carbocycles. The van der Waals surface area contributed by atoms with Crippen LogP contribution in [-0.4, -0.2) is 19.1 Å². The van der Waals surface area contributed by atoms with Crippen LogP contribution in [-0.2, 0) is 0 Å². The molecule has 0 unspecified atom stereocenters. The number of hydrogen-bond donors (Lipinski definition) is 1. The van der Waals surface area contributed by atoms with Gasteiger partial charge in [-0.15, -0.1) is 0 Å². The van der Waals surface area contributed by atoms with Gasteiger partial charge in [0.1, 0.15) is 5.76 Å². The van der Waals surface area contributed by atoms with Crippen molar-refractivity contribution in [1.29, 1.82) is 0 Å². The molecule has 3 nitrogen and oxygen atoms in total. The predicted octanol–water partition coefficient (Wildman–Crippen LogP) is 4.97. The van der Waals surface area contributed by atoms with E-state index in [2.05, 4.69) is 41.1 Å². The number of benzene rings is 1. The van der Waals surface area contributed by atoms with Gasteiger partial charge in [-0.2, -0.15) is 0 Å². The molecule has 0 aliphatic carbocycles. The van der Waals surface area contributed by atoms with Gasteiger partial charge in [-0.05, 0) is 57.2 Å². The molecular weight excluding hydrogens is 272 g/mol. The van der Waals surface area contributed by atoms with Gasteiger partial charge in [0.15, 0.2) is 0 Å². The van der Waals surface area contributed by atoms with Gasteiger partial charge < -0.3 is 14.3 Å². The SMILES string of the molecule is Cc1ccc(N(C)C)cc1.Cc1ccc[nH]1.Cc1ccco1. The van der Waals surface area contributed by atoms with Crippen LogP contribution in [0.5, 0.6) is 0 Å². The Balaban J connectivity index is 0.000000174. The Labute approximate surface area is 133 Å². The Hall–Kier alpha value is -2.42. The number of H-pyrrole nitrogens is 1. The third kappa shape index (κ3) is 7.39. The first-order chi connectivity index (χ1) is 10.5. The third-order valence-corrected chi connectivity index (χ3v) is 2.97. The quantitative estimate of drug-likeness (QED) is 0.687. The van der Waals surface area contributed by atoms with E-state index in [0.29, 0.717) is 0 Å². The summed E-state index contributed by atoms with van der Waals surface area (Å²) >= 11 is 0. The van der Waals surface area contributed by atoms with Crippen molar-refractivity contribution >= 4 is 5.69 Å². The second kappa shape index (κ2) is 9.50. The zero-order chi connectivity index (χ0) is 16.4. The summed E-state index contributed by atoms with van der Waals surface area (Å²) in [6.07, 6.45) is 3.57. The highest BCUT2D eigenvalue weighted by atomic mass is 16.3. The number of rotatable bonds is 1. The van der Waals surface area contributed by atoms with Crippen LogP contribution in [0, 0.1) is 20.8 Å². The molecule has 0 atom stereocenters. The van der Waals surface area contributed by atoms with Gasteiger partial charge in [0.25, 0.3) is 0 Å². The van der Waals surface area contributed by atoms with Crippen LogP contribution in [0.25, 0.3) is 0 Å². The number of aromatic nitrogens is 1. The molecule has 0 aliphatic rings. The molecule has 0 amide bonds. The number of anilines is 1. The van der Waals surface area contributed by atoms with E-state index in [1.165, 1.54) is 16.9 Å². The second-order valence-corrected chi connectivity index (χ2v) is 5.31. The second-order valence-electron chi connectivity index (χ2n) is 5.31. The van der Waals surface area contributed by atoms with Crippen molar-refractivity contribution < 1.29 is 4.42 Å². The van der Waals surface area contributed by atoms with E-state index in [-0.39, 0.29) is 0 Å². The summed E-state index contributed by atoms with van der Waals surface area (Å²) < 4.78 is 4.83. The molecule has 2 aromatic heterocycles. The van der Waals surface area contributed by atoms with Crippen molar-refractivity contribution in [2.45, 2.75) is 20.8 Å². The molecule has 1 N–H and O–H groups in total. The van der Waals surface area contributed by atoms with Crippen LogP contribution < -0.4 is 4.90 Å². The van der Waals surface area contributed by atoms with E-state index in [1.807, 2.05) is 58.4 Å². The minimum Gasteiger partial charge on any atom is -0.470 e. The van der Waals surface area contributed by atoms with E-state index in [9.17, 15) is 0 Å². The highest BCUT2D eigenvalue weighted by molar-refractivity contribution is 5.45. The fourth-order valence-electron chi connectivity index (χ4n) is 1.62. The van der Waals surface area contributed by atoms with Gasteiger partial charge in [-0.1, -0.05) is 17.7 Å². The van der Waals surface area contributed by atoms with Crippen LogP contribution in [0.4, 0.5) is 5.69 Å². The largest absolute Gasteiger partial charge is 0.470 e. The van der Waals surface area contributed by atoms with Gasteiger partial charge in [0, 0.05) is 31.7 Å². The summed E-state index contributed by atoms with van der Waals surface area (Å²) in [4.78, 5) is 5.10. The summed E-state index contributed by atoms with van der Waals surface area (Å²) in [5.41, 5.74) is 3.78. The normalized spacial score (nSPS) is 9.14. The number of hydrogen-bond acceptors (Lipinski definition) is 2. The fourth-order valence-corrected chi connectivity index (χ4v) is 1.62. The Kier molecular flexibility index (Phi) is 7.62. The van der Waals surface area contributed by atoms with Crippen molar-refractivity contribution in [3.63, 3.8) is 0 Å². The van der Waals surface area contributed by atoms with Gasteiger partial charge in [-0.3, -0.25) is 0 Å².